The van der Waals surface area contributed by atoms with E-state index in [9.17, 15) is 14.4 Å². The molecule has 1 unspecified atom stereocenters. The van der Waals surface area contributed by atoms with Gasteiger partial charge in [0.2, 0.25) is 0 Å². The minimum absolute atomic E-state index is 0.0253. The number of carboxylic acid groups (broad SMARTS) is 1. The molecule has 1 amide bonds. The summed E-state index contributed by atoms with van der Waals surface area (Å²) < 4.78 is 4.71. The van der Waals surface area contributed by atoms with Crippen LogP contribution < -0.4 is 0 Å². The number of hydrogen-bond acceptors (Lipinski definition) is 4. The smallest absolute Gasteiger partial charge is 0.336 e. The Bertz CT molecular complexity index is 569. The van der Waals surface area contributed by atoms with E-state index in [-0.39, 0.29) is 35.5 Å². The zero-order chi connectivity index (χ0) is 15.4. The molecule has 6 heteroatoms. The Kier molecular flexibility index (Phi) is 4.57. The summed E-state index contributed by atoms with van der Waals surface area (Å²) in [5, 5.41) is 9.15. The van der Waals surface area contributed by atoms with Gasteiger partial charge in [0.05, 0.1) is 24.2 Å². The number of likely N-dealkylation sites (tertiary alicyclic amines) is 1. The van der Waals surface area contributed by atoms with Gasteiger partial charge in [-0.05, 0) is 25.0 Å². The summed E-state index contributed by atoms with van der Waals surface area (Å²) in [6.07, 6.45) is 1.37. The monoisotopic (exact) mass is 291 g/mol. The lowest BCUT2D eigenvalue weighted by molar-refractivity contribution is -0.146. The van der Waals surface area contributed by atoms with Crippen molar-refractivity contribution in [2.45, 2.75) is 12.8 Å². The summed E-state index contributed by atoms with van der Waals surface area (Å²) in [5.74, 6) is -2.18. The molecule has 0 aromatic heterocycles. The van der Waals surface area contributed by atoms with Gasteiger partial charge < -0.3 is 14.7 Å². The predicted octanol–water partition coefficient (Wildman–Crippen LogP) is 1.41. The molecule has 1 fully saturated rings. The van der Waals surface area contributed by atoms with Gasteiger partial charge in [0.1, 0.15) is 0 Å². The molecule has 1 aromatic carbocycles. The highest BCUT2D eigenvalue weighted by Gasteiger charge is 2.30. The van der Waals surface area contributed by atoms with Gasteiger partial charge in [0.15, 0.2) is 0 Å². The number of rotatable bonds is 3. The predicted molar refractivity (Wildman–Crippen MR) is 74.0 cm³/mol. The summed E-state index contributed by atoms with van der Waals surface area (Å²) in [4.78, 5) is 36.8. The van der Waals surface area contributed by atoms with Gasteiger partial charge >= 0.3 is 11.9 Å². The molecular weight excluding hydrogens is 274 g/mol. The molecule has 1 aromatic rings. The lowest BCUT2D eigenvalue weighted by Crippen LogP contribution is -2.43. The van der Waals surface area contributed by atoms with Gasteiger partial charge in [-0.1, -0.05) is 12.1 Å². The molecule has 112 valence electrons. The van der Waals surface area contributed by atoms with E-state index in [1.807, 2.05) is 0 Å². The van der Waals surface area contributed by atoms with Crippen molar-refractivity contribution in [2.24, 2.45) is 5.92 Å². The second-order valence-corrected chi connectivity index (χ2v) is 4.96. The molecule has 21 heavy (non-hydrogen) atoms. The molecule has 0 spiro atoms. The van der Waals surface area contributed by atoms with Crippen LogP contribution in [0.5, 0.6) is 0 Å². The Morgan fingerprint density at radius 2 is 1.90 bits per heavy atom. The summed E-state index contributed by atoms with van der Waals surface area (Å²) in [5.41, 5.74) is 0.123. The van der Waals surface area contributed by atoms with Crippen LogP contribution in [0, 0.1) is 5.92 Å². The zero-order valence-electron chi connectivity index (χ0n) is 11.7. The topological polar surface area (TPSA) is 83.9 Å². The van der Waals surface area contributed by atoms with Crippen molar-refractivity contribution in [3.8, 4) is 0 Å². The second kappa shape index (κ2) is 6.39. The Hall–Kier alpha value is -2.37. The van der Waals surface area contributed by atoms with E-state index in [2.05, 4.69) is 0 Å². The van der Waals surface area contributed by atoms with E-state index in [4.69, 9.17) is 9.84 Å². The van der Waals surface area contributed by atoms with Crippen LogP contribution >= 0.6 is 0 Å². The summed E-state index contributed by atoms with van der Waals surface area (Å²) in [6, 6.07) is 6.10. The molecule has 1 aliphatic heterocycles. The maximum Gasteiger partial charge on any atom is 0.336 e. The number of aromatic carboxylic acids is 1. The first kappa shape index (κ1) is 15.0. The van der Waals surface area contributed by atoms with E-state index in [0.717, 1.165) is 0 Å². The molecule has 1 N–H and O–H groups in total. The number of benzene rings is 1. The van der Waals surface area contributed by atoms with Crippen LogP contribution in [0.25, 0.3) is 0 Å². The Morgan fingerprint density at radius 1 is 1.24 bits per heavy atom. The molecular formula is C15H17NO5. The maximum atomic E-state index is 12.5. The first-order valence-corrected chi connectivity index (χ1v) is 6.74. The molecule has 6 nitrogen and oxygen atoms in total. The van der Waals surface area contributed by atoms with Crippen LogP contribution in [-0.2, 0) is 9.53 Å². The third-order valence-corrected chi connectivity index (χ3v) is 3.63. The Morgan fingerprint density at radius 3 is 2.52 bits per heavy atom. The number of ether oxygens (including phenoxy) is 1. The third-order valence-electron chi connectivity index (χ3n) is 3.63. The van der Waals surface area contributed by atoms with Crippen LogP contribution in [0.1, 0.15) is 33.6 Å². The number of methoxy groups -OCH3 is 1. The largest absolute Gasteiger partial charge is 0.478 e. The van der Waals surface area contributed by atoms with Crippen LogP contribution in [0.3, 0.4) is 0 Å². The van der Waals surface area contributed by atoms with Crippen molar-refractivity contribution in [3.05, 3.63) is 35.4 Å². The van der Waals surface area contributed by atoms with Gasteiger partial charge in [0.25, 0.3) is 5.91 Å². The van der Waals surface area contributed by atoms with Crippen molar-refractivity contribution >= 4 is 17.8 Å². The molecule has 0 aliphatic carbocycles. The molecule has 0 radical (unpaired) electrons. The van der Waals surface area contributed by atoms with Gasteiger partial charge in [-0.3, -0.25) is 9.59 Å². The Labute approximate surface area is 122 Å². The van der Waals surface area contributed by atoms with Gasteiger partial charge in [-0.2, -0.15) is 0 Å². The average Bonchev–Trinajstić information content (AvgIpc) is 2.53. The van der Waals surface area contributed by atoms with Crippen LogP contribution in [0.2, 0.25) is 0 Å². The molecule has 1 heterocycles. The molecule has 1 saturated heterocycles. The molecule has 0 bridgehead atoms. The lowest BCUT2D eigenvalue weighted by atomic mass is 9.97. The summed E-state index contributed by atoms with van der Waals surface area (Å²) in [7, 11) is 1.32. The minimum atomic E-state index is -1.14. The second-order valence-electron chi connectivity index (χ2n) is 4.96. The summed E-state index contributed by atoms with van der Waals surface area (Å²) >= 11 is 0. The molecule has 1 atom stereocenters. The number of hydrogen-bond donors (Lipinski definition) is 1. The minimum Gasteiger partial charge on any atom is -0.478 e. The van der Waals surface area contributed by atoms with E-state index in [1.165, 1.54) is 24.1 Å². The average molecular weight is 291 g/mol. The molecule has 2 rings (SSSR count). The summed E-state index contributed by atoms with van der Waals surface area (Å²) in [6.45, 7) is 0.778. The zero-order valence-corrected chi connectivity index (χ0v) is 11.7. The standard InChI is InChI=1S/C15H17NO5/c1-21-15(20)10-5-4-8-16(9-10)13(17)11-6-2-3-7-12(11)14(18)19/h2-3,6-7,10H,4-5,8-9H2,1H3,(H,18,19). The van der Waals surface area contributed by atoms with E-state index in [0.29, 0.717) is 19.4 Å². The van der Waals surface area contributed by atoms with E-state index >= 15 is 0 Å². The highest BCUT2D eigenvalue weighted by molar-refractivity contribution is 6.04. The third kappa shape index (κ3) is 3.21. The van der Waals surface area contributed by atoms with Crippen molar-refractivity contribution in [3.63, 3.8) is 0 Å². The molecule has 1 aliphatic rings. The van der Waals surface area contributed by atoms with Crippen molar-refractivity contribution in [1.29, 1.82) is 0 Å². The number of amides is 1. The lowest BCUT2D eigenvalue weighted by Gasteiger charge is -2.31. The number of nitrogens with zero attached hydrogens (tertiary/aromatic N) is 1. The SMILES string of the molecule is COC(=O)C1CCCN(C(=O)c2ccccc2C(=O)O)C1. The van der Waals surface area contributed by atoms with Gasteiger partial charge in [0, 0.05) is 13.1 Å². The highest BCUT2D eigenvalue weighted by Crippen LogP contribution is 2.21. The quantitative estimate of drug-likeness (QED) is 0.851. The van der Waals surface area contributed by atoms with E-state index in [1.54, 1.807) is 12.1 Å². The first-order chi connectivity index (χ1) is 10.0. The molecule has 0 saturated carbocycles. The fraction of sp³-hybridized carbons (Fsp3) is 0.400. The van der Waals surface area contributed by atoms with Crippen molar-refractivity contribution in [2.75, 3.05) is 20.2 Å². The van der Waals surface area contributed by atoms with E-state index < -0.39 is 5.97 Å². The first-order valence-electron chi connectivity index (χ1n) is 6.74. The maximum absolute atomic E-state index is 12.5. The van der Waals surface area contributed by atoms with Gasteiger partial charge in [-0.15, -0.1) is 0 Å². The number of esters is 1. The number of carbonyl (C=O) groups excluding carboxylic acids is 2. The van der Waals surface area contributed by atoms with Crippen molar-refractivity contribution < 1.29 is 24.2 Å². The number of piperidine rings is 1. The van der Waals surface area contributed by atoms with Crippen LogP contribution in [0.4, 0.5) is 0 Å². The Balaban J connectivity index is 2.20. The normalized spacial score (nSPS) is 18.1. The fourth-order valence-corrected chi connectivity index (χ4v) is 2.55. The number of carbonyl (C=O) groups is 3. The fourth-order valence-electron chi connectivity index (χ4n) is 2.55. The highest BCUT2D eigenvalue weighted by atomic mass is 16.5. The van der Waals surface area contributed by atoms with Crippen LogP contribution in [-0.4, -0.2) is 48.1 Å². The van der Waals surface area contributed by atoms with Crippen LogP contribution in [0.15, 0.2) is 24.3 Å². The van der Waals surface area contributed by atoms with Gasteiger partial charge in [-0.25, -0.2) is 4.79 Å². The van der Waals surface area contributed by atoms with Crippen molar-refractivity contribution in [1.82, 2.24) is 4.90 Å². The number of carboxylic acids is 1.